The molecule has 0 bridgehead atoms. The van der Waals surface area contributed by atoms with Gasteiger partial charge in [0.2, 0.25) is 0 Å². The maximum atomic E-state index is 2.29. The lowest BCUT2D eigenvalue weighted by Gasteiger charge is -2.26. The Balaban J connectivity index is 1.57. The maximum Gasteiger partial charge on any atom is 0.0347 e. The van der Waals surface area contributed by atoms with E-state index in [2.05, 4.69) is 121 Å². The Labute approximate surface area is 197 Å². The maximum absolute atomic E-state index is 2.29. The lowest BCUT2D eigenvalue weighted by atomic mass is 10.00. The topological polar surface area (TPSA) is 0 Å². The van der Waals surface area contributed by atoms with Crippen LogP contribution in [0.4, 0.5) is 0 Å². The third kappa shape index (κ3) is 3.46. The third-order valence-corrected chi connectivity index (χ3v) is 8.48. The van der Waals surface area contributed by atoms with Crippen molar-refractivity contribution in [2.75, 3.05) is 0 Å². The molecule has 1 heterocycles. The second kappa shape index (κ2) is 8.38. The summed E-state index contributed by atoms with van der Waals surface area (Å²) < 4.78 is 0. The molecular weight excluding hydrogens is 424 g/mol. The van der Waals surface area contributed by atoms with E-state index in [0.717, 1.165) is 0 Å². The molecule has 0 radical (unpaired) electrons. The number of hydrogen-bond acceptors (Lipinski definition) is 2. The largest absolute Gasteiger partial charge is 0.0870 e. The quantitative estimate of drug-likeness (QED) is 0.267. The summed E-state index contributed by atoms with van der Waals surface area (Å²) in [6.45, 7) is 0. The molecule has 2 heteroatoms. The van der Waals surface area contributed by atoms with Crippen molar-refractivity contribution in [2.24, 2.45) is 0 Å². The highest BCUT2D eigenvalue weighted by Crippen LogP contribution is 2.56. The first-order chi connectivity index (χ1) is 15.9. The fourth-order valence-electron chi connectivity index (χ4n) is 4.21. The molecule has 0 nitrogen and oxygen atoms in total. The predicted molar refractivity (Wildman–Crippen MR) is 137 cm³/mol. The molecule has 0 aliphatic carbocycles. The molecule has 32 heavy (non-hydrogen) atoms. The first-order valence-corrected chi connectivity index (χ1v) is 12.3. The minimum atomic E-state index is 1.26. The molecule has 152 valence electrons. The molecule has 0 saturated carbocycles. The van der Waals surface area contributed by atoms with Crippen molar-refractivity contribution >= 4 is 23.5 Å². The summed E-state index contributed by atoms with van der Waals surface area (Å²) in [6.07, 6.45) is 0. The minimum Gasteiger partial charge on any atom is -0.0870 e. The van der Waals surface area contributed by atoms with Crippen molar-refractivity contribution < 1.29 is 0 Å². The fourth-order valence-corrected chi connectivity index (χ4v) is 6.95. The van der Waals surface area contributed by atoms with Crippen LogP contribution in [0.5, 0.6) is 0 Å². The monoisotopic (exact) mass is 444 g/mol. The molecule has 1 aliphatic heterocycles. The van der Waals surface area contributed by atoms with E-state index in [4.69, 9.17) is 0 Å². The summed E-state index contributed by atoms with van der Waals surface area (Å²) in [6, 6.07) is 43.5. The van der Waals surface area contributed by atoms with Crippen LogP contribution in [-0.2, 0) is 0 Å². The number of fused-ring (bicyclic) bond motifs is 2. The lowest BCUT2D eigenvalue weighted by molar-refractivity contribution is 1.16. The zero-order valence-corrected chi connectivity index (χ0v) is 19.0. The van der Waals surface area contributed by atoms with Gasteiger partial charge in [-0.15, -0.1) is 0 Å². The van der Waals surface area contributed by atoms with Gasteiger partial charge in [0.15, 0.2) is 0 Å². The van der Waals surface area contributed by atoms with Crippen LogP contribution in [0.15, 0.2) is 141 Å². The van der Waals surface area contributed by atoms with Crippen LogP contribution < -0.4 is 0 Å². The van der Waals surface area contributed by atoms with Gasteiger partial charge in [-0.2, -0.15) is 0 Å². The van der Waals surface area contributed by atoms with Gasteiger partial charge in [0, 0.05) is 19.6 Å². The molecule has 0 unspecified atom stereocenters. The van der Waals surface area contributed by atoms with Gasteiger partial charge in [-0.3, -0.25) is 0 Å². The van der Waals surface area contributed by atoms with E-state index in [9.17, 15) is 0 Å². The number of hydrogen-bond donors (Lipinski definition) is 0. The average molecular weight is 445 g/mol. The molecule has 0 aromatic heterocycles. The Morgan fingerprint density at radius 2 is 0.750 bits per heavy atom. The van der Waals surface area contributed by atoms with E-state index in [0.29, 0.717) is 0 Å². The first-order valence-electron chi connectivity index (χ1n) is 10.7. The lowest BCUT2D eigenvalue weighted by Crippen LogP contribution is -1.97. The molecule has 0 spiro atoms. The molecule has 0 amide bonds. The highest BCUT2D eigenvalue weighted by Gasteiger charge is 2.26. The Hall–Kier alpha value is -3.20. The van der Waals surface area contributed by atoms with Crippen molar-refractivity contribution in [3.05, 3.63) is 121 Å². The average Bonchev–Trinajstić information content (AvgIpc) is 2.88. The van der Waals surface area contributed by atoms with Crippen LogP contribution in [0.3, 0.4) is 0 Å². The molecule has 5 aromatic rings. The van der Waals surface area contributed by atoms with Crippen molar-refractivity contribution in [1.82, 2.24) is 0 Å². The Bertz CT molecular complexity index is 1390. The van der Waals surface area contributed by atoms with Crippen LogP contribution in [0.25, 0.3) is 33.4 Å². The number of rotatable bonds is 3. The third-order valence-electron chi connectivity index (χ3n) is 5.76. The van der Waals surface area contributed by atoms with Gasteiger partial charge in [0.1, 0.15) is 0 Å². The summed E-state index contributed by atoms with van der Waals surface area (Å²) in [5.74, 6) is 0. The summed E-state index contributed by atoms with van der Waals surface area (Å²) in [5, 5.41) is 0. The number of benzene rings is 5. The highest BCUT2D eigenvalue weighted by atomic mass is 32.2. The minimum absolute atomic E-state index is 1.26. The molecular formula is C30H20S2. The van der Waals surface area contributed by atoms with Gasteiger partial charge in [0.05, 0.1) is 0 Å². The van der Waals surface area contributed by atoms with Gasteiger partial charge in [-0.25, -0.2) is 0 Å². The van der Waals surface area contributed by atoms with E-state index < -0.39 is 0 Å². The summed E-state index contributed by atoms with van der Waals surface area (Å²) in [7, 11) is 0. The standard InChI is InChI=1S/C30H20S2/c1-4-11-21(12-5-1)24-17-10-18-27-28(24)32-30-26(23-15-8-3-9-16-23)20-19-25(29(30)31-27)22-13-6-2-7-14-22/h1-20H. The van der Waals surface area contributed by atoms with Crippen molar-refractivity contribution in [2.45, 2.75) is 19.6 Å². The van der Waals surface area contributed by atoms with Crippen LogP contribution in [0.2, 0.25) is 0 Å². The molecule has 0 saturated heterocycles. The van der Waals surface area contributed by atoms with E-state index in [1.54, 1.807) is 0 Å². The predicted octanol–water partition coefficient (Wildman–Crippen LogP) is 9.30. The van der Waals surface area contributed by atoms with Crippen molar-refractivity contribution in [3.8, 4) is 33.4 Å². The molecule has 1 aliphatic rings. The van der Waals surface area contributed by atoms with Crippen LogP contribution >= 0.6 is 23.5 Å². The van der Waals surface area contributed by atoms with Gasteiger partial charge < -0.3 is 0 Å². The van der Waals surface area contributed by atoms with Gasteiger partial charge in [-0.1, -0.05) is 139 Å². The van der Waals surface area contributed by atoms with E-state index in [1.807, 2.05) is 23.5 Å². The Morgan fingerprint density at radius 3 is 1.25 bits per heavy atom. The molecule has 5 aromatic carbocycles. The smallest absolute Gasteiger partial charge is 0.0347 e. The summed E-state index contributed by atoms with van der Waals surface area (Å²) >= 11 is 3.81. The summed E-state index contributed by atoms with van der Waals surface area (Å²) in [4.78, 5) is 5.36. The summed E-state index contributed by atoms with van der Waals surface area (Å²) in [5.41, 5.74) is 7.69. The molecule has 6 rings (SSSR count). The zero-order chi connectivity index (χ0) is 21.3. The Kier molecular flexibility index (Phi) is 5.10. The van der Waals surface area contributed by atoms with E-state index in [1.165, 1.54) is 53.0 Å². The second-order valence-corrected chi connectivity index (χ2v) is 9.83. The molecule has 0 atom stereocenters. The van der Waals surface area contributed by atoms with Gasteiger partial charge in [-0.05, 0) is 39.4 Å². The van der Waals surface area contributed by atoms with Gasteiger partial charge >= 0.3 is 0 Å². The highest BCUT2D eigenvalue weighted by molar-refractivity contribution is 8.05. The van der Waals surface area contributed by atoms with Gasteiger partial charge in [0.25, 0.3) is 0 Å². The second-order valence-electron chi connectivity index (χ2n) is 7.75. The van der Waals surface area contributed by atoms with Crippen molar-refractivity contribution in [1.29, 1.82) is 0 Å². The van der Waals surface area contributed by atoms with Crippen LogP contribution in [-0.4, -0.2) is 0 Å². The Morgan fingerprint density at radius 1 is 0.312 bits per heavy atom. The van der Waals surface area contributed by atoms with E-state index in [-0.39, 0.29) is 0 Å². The van der Waals surface area contributed by atoms with E-state index >= 15 is 0 Å². The first kappa shape index (κ1) is 19.5. The zero-order valence-electron chi connectivity index (χ0n) is 17.4. The van der Waals surface area contributed by atoms with Crippen LogP contribution in [0.1, 0.15) is 0 Å². The SMILES string of the molecule is c1ccc(-c2cccc3c2Sc2c(-c4ccccc4)ccc(-c4ccccc4)c2S3)cc1. The molecule has 0 N–H and O–H groups in total. The fraction of sp³-hybridized carbons (Fsp3) is 0. The molecule has 0 fully saturated rings. The normalized spacial score (nSPS) is 12.1. The van der Waals surface area contributed by atoms with Crippen molar-refractivity contribution in [3.63, 3.8) is 0 Å². The van der Waals surface area contributed by atoms with Crippen LogP contribution in [0, 0.1) is 0 Å².